The van der Waals surface area contributed by atoms with Crippen molar-refractivity contribution in [1.29, 1.82) is 0 Å². The van der Waals surface area contributed by atoms with Gasteiger partial charge in [0.05, 0.1) is 0 Å². The van der Waals surface area contributed by atoms with Crippen LogP contribution in [0.5, 0.6) is 0 Å². The van der Waals surface area contributed by atoms with Crippen LogP contribution in [0.3, 0.4) is 0 Å². The second-order valence-electron chi connectivity index (χ2n) is 20.4. The van der Waals surface area contributed by atoms with E-state index in [0.29, 0.717) is 0 Å². The SMILES string of the molecule is CC(C)(C)c1ccc(N2B3c4cc(C(C)(C)C)ccc4N(c4ccc(C(C)(C)C)cc4)c4cc(C(C)(C)C)cc(c43)-c3ccc4sc5ccccc5c4c32)cc1. The van der Waals surface area contributed by atoms with Gasteiger partial charge in [-0.05, 0) is 109 Å². The first-order chi connectivity index (χ1) is 26.3. The van der Waals surface area contributed by atoms with Gasteiger partial charge in [0.2, 0.25) is 0 Å². The maximum atomic E-state index is 2.72. The summed E-state index contributed by atoms with van der Waals surface area (Å²) < 4.78 is 2.66. The van der Waals surface area contributed by atoms with Gasteiger partial charge in [0, 0.05) is 54.2 Å². The zero-order chi connectivity index (χ0) is 39.7. The van der Waals surface area contributed by atoms with Crippen LogP contribution in [0.4, 0.5) is 28.4 Å². The summed E-state index contributed by atoms with van der Waals surface area (Å²) in [5, 5.41) is 2.68. The van der Waals surface area contributed by atoms with Gasteiger partial charge in [-0.1, -0.05) is 150 Å². The van der Waals surface area contributed by atoms with Crippen LogP contribution >= 0.6 is 11.3 Å². The molecule has 7 aromatic rings. The molecule has 0 saturated carbocycles. The predicted octanol–water partition coefficient (Wildman–Crippen LogP) is 14.0. The quantitative estimate of drug-likeness (QED) is 0.162. The standard InChI is InChI=1S/C52H55BN2S/c1-49(2,3)32-17-22-36(23-18-32)54-42-27-21-34(51(7,8)9)30-41(42)53-47-40(29-35(31-43(47)54)52(10,11)12)38-26-28-45-46(39-15-13-14-16-44(39)56-45)48(38)55(53)37-24-19-33(20-25-37)50(4,5)6/h13-31H,1-12H3. The molecular weight excluding hydrogens is 695 g/mol. The van der Waals surface area contributed by atoms with Crippen LogP contribution in [-0.4, -0.2) is 6.85 Å². The molecule has 0 N–H and O–H groups in total. The molecule has 0 amide bonds. The molecule has 0 bridgehead atoms. The lowest BCUT2D eigenvalue weighted by Gasteiger charge is -2.47. The molecule has 56 heavy (non-hydrogen) atoms. The minimum atomic E-state index is -0.0571. The summed E-state index contributed by atoms with van der Waals surface area (Å²) in [5.74, 6) is 0. The average molecular weight is 751 g/mol. The number of nitrogens with zero attached hydrogens (tertiary/aromatic N) is 2. The fourth-order valence-corrected chi connectivity index (χ4v) is 10.1. The topological polar surface area (TPSA) is 6.48 Å². The molecule has 9 rings (SSSR count). The molecule has 0 unspecified atom stereocenters. The molecule has 282 valence electrons. The molecule has 0 atom stereocenters. The zero-order valence-electron chi connectivity index (χ0n) is 35.3. The molecule has 2 aliphatic rings. The van der Waals surface area contributed by atoms with Crippen LogP contribution in [0.25, 0.3) is 31.3 Å². The van der Waals surface area contributed by atoms with Crippen molar-refractivity contribution in [3.63, 3.8) is 0 Å². The predicted molar refractivity (Wildman–Crippen MR) is 248 cm³/mol. The third-order valence-corrected chi connectivity index (χ3v) is 13.4. The molecule has 0 saturated heterocycles. The van der Waals surface area contributed by atoms with Gasteiger partial charge in [0.15, 0.2) is 0 Å². The Balaban J connectivity index is 1.45. The van der Waals surface area contributed by atoms with Crippen molar-refractivity contribution in [3.8, 4) is 11.1 Å². The Kier molecular flexibility index (Phi) is 8.12. The van der Waals surface area contributed by atoms with E-state index < -0.39 is 0 Å². The molecule has 2 aliphatic heterocycles. The molecule has 6 aromatic carbocycles. The molecule has 0 fully saturated rings. The number of hydrogen-bond acceptors (Lipinski definition) is 3. The van der Waals surface area contributed by atoms with E-state index in [0.717, 1.165) is 0 Å². The normalized spacial score (nSPS) is 14.3. The highest BCUT2D eigenvalue weighted by molar-refractivity contribution is 7.26. The van der Waals surface area contributed by atoms with Crippen LogP contribution in [-0.2, 0) is 21.7 Å². The van der Waals surface area contributed by atoms with Crippen molar-refractivity contribution in [2.75, 3.05) is 9.71 Å². The number of fused-ring (bicyclic) bond motifs is 8. The first kappa shape index (κ1) is 36.8. The summed E-state index contributed by atoms with van der Waals surface area (Å²) in [5.41, 5.74) is 17.1. The van der Waals surface area contributed by atoms with Gasteiger partial charge in [-0.3, -0.25) is 0 Å². The van der Waals surface area contributed by atoms with Crippen molar-refractivity contribution in [2.45, 2.75) is 105 Å². The molecule has 0 radical (unpaired) electrons. The van der Waals surface area contributed by atoms with Gasteiger partial charge < -0.3 is 9.71 Å². The van der Waals surface area contributed by atoms with Crippen molar-refractivity contribution in [1.82, 2.24) is 0 Å². The van der Waals surface area contributed by atoms with Gasteiger partial charge in [0.25, 0.3) is 0 Å². The average Bonchev–Trinajstić information content (AvgIpc) is 3.52. The van der Waals surface area contributed by atoms with Gasteiger partial charge in [0.1, 0.15) is 0 Å². The molecule has 2 nitrogen and oxygen atoms in total. The van der Waals surface area contributed by atoms with Crippen LogP contribution in [0.2, 0.25) is 0 Å². The summed E-state index contributed by atoms with van der Waals surface area (Å²) in [6, 6.07) is 45.0. The van der Waals surface area contributed by atoms with Crippen LogP contribution in [0.1, 0.15) is 105 Å². The maximum absolute atomic E-state index is 2.72. The third-order valence-electron chi connectivity index (χ3n) is 12.3. The Labute approximate surface area is 339 Å². The molecule has 3 heterocycles. The second kappa shape index (κ2) is 12.4. The summed E-state index contributed by atoms with van der Waals surface area (Å²) in [6.45, 7) is 27.9. The first-order valence-corrected chi connectivity index (χ1v) is 21.2. The number of rotatable bonds is 2. The van der Waals surface area contributed by atoms with Crippen molar-refractivity contribution in [2.24, 2.45) is 0 Å². The van der Waals surface area contributed by atoms with E-state index in [1.54, 1.807) is 0 Å². The number of hydrogen-bond donors (Lipinski definition) is 0. The lowest BCUT2D eigenvalue weighted by molar-refractivity contribution is 0.590. The summed E-state index contributed by atoms with van der Waals surface area (Å²) in [7, 11) is 0. The Morgan fingerprint density at radius 1 is 0.464 bits per heavy atom. The van der Waals surface area contributed by atoms with Crippen molar-refractivity contribution >= 4 is 77.7 Å². The highest BCUT2D eigenvalue weighted by Gasteiger charge is 2.47. The Morgan fingerprint density at radius 3 is 1.64 bits per heavy atom. The minimum absolute atomic E-state index is 0.0179. The lowest BCUT2D eigenvalue weighted by Crippen LogP contribution is -2.62. The Bertz CT molecular complexity index is 2670. The highest BCUT2D eigenvalue weighted by atomic mass is 32.1. The molecule has 0 spiro atoms. The summed E-state index contributed by atoms with van der Waals surface area (Å²) in [4.78, 5) is 5.29. The Hall–Kier alpha value is -4.80. The van der Waals surface area contributed by atoms with Crippen molar-refractivity contribution in [3.05, 3.63) is 138 Å². The Morgan fingerprint density at radius 2 is 1.04 bits per heavy atom. The van der Waals surface area contributed by atoms with Crippen LogP contribution in [0, 0.1) is 0 Å². The molecule has 1 aromatic heterocycles. The van der Waals surface area contributed by atoms with E-state index in [9.17, 15) is 0 Å². The zero-order valence-corrected chi connectivity index (χ0v) is 36.2. The summed E-state index contributed by atoms with van der Waals surface area (Å²) in [6.07, 6.45) is 0. The molecular formula is C52H55BN2S. The van der Waals surface area contributed by atoms with Gasteiger partial charge in [-0.25, -0.2) is 0 Å². The van der Waals surface area contributed by atoms with E-state index in [4.69, 9.17) is 0 Å². The van der Waals surface area contributed by atoms with E-state index in [1.165, 1.54) is 92.9 Å². The van der Waals surface area contributed by atoms with E-state index in [2.05, 4.69) is 208 Å². The lowest BCUT2D eigenvalue weighted by atomic mass is 9.43. The van der Waals surface area contributed by atoms with Gasteiger partial charge in [-0.2, -0.15) is 0 Å². The van der Waals surface area contributed by atoms with Gasteiger partial charge >= 0.3 is 6.85 Å². The maximum Gasteiger partial charge on any atom is 0.333 e. The smallest absolute Gasteiger partial charge is 0.333 e. The van der Waals surface area contributed by atoms with E-state index in [1.807, 2.05) is 11.3 Å². The van der Waals surface area contributed by atoms with Crippen molar-refractivity contribution < 1.29 is 0 Å². The molecule has 4 heteroatoms. The van der Waals surface area contributed by atoms with Crippen LogP contribution < -0.4 is 20.6 Å². The largest absolute Gasteiger partial charge is 0.376 e. The van der Waals surface area contributed by atoms with Gasteiger partial charge in [-0.15, -0.1) is 11.3 Å². The first-order valence-electron chi connectivity index (χ1n) is 20.4. The monoisotopic (exact) mass is 750 g/mol. The minimum Gasteiger partial charge on any atom is -0.376 e. The number of benzene rings is 6. The van der Waals surface area contributed by atoms with E-state index >= 15 is 0 Å². The number of anilines is 5. The highest BCUT2D eigenvalue weighted by Crippen LogP contribution is 2.53. The number of thiophene rings is 1. The third kappa shape index (κ3) is 5.82. The second-order valence-corrected chi connectivity index (χ2v) is 21.4. The van der Waals surface area contributed by atoms with E-state index in [-0.39, 0.29) is 28.5 Å². The van der Waals surface area contributed by atoms with Crippen LogP contribution in [0.15, 0.2) is 115 Å². The fraction of sp³-hybridized carbons (Fsp3) is 0.308. The summed E-state index contributed by atoms with van der Waals surface area (Å²) >= 11 is 1.91. The molecule has 0 aliphatic carbocycles. The fourth-order valence-electron chi connectivity index (χ4n) is 8.95.